The van der Waals surface area contributed by atoms with Gasteiger partial charge in [0.1, 0.15) is 6.04 Å². The second-order valence-corrected chi connectivity index (χ2v) is 7.59. The summed E-state index contributed by atoms with van der Waals surface area (Å²) in [6, 6.07) is 11.7. The van der Waals surface area contributed by atoms with E-state index in [0.717, 1.165) is 18.4 Å². The lowest BCUT2D eigenvalue weighted by atomic mass is 10.1. The number of nitrogens with zero attached hydrogens (tertiary/aromatic N) is 3. The van der Waals surface area contributed by atoms with Crippen molar-refractivity contribution in [1.29, 1.82) is 0 Å². The van der Waals surface area contributed by atoms with Crippen LogP contribution in [0.4, 0.5) is 0 Å². The number of benzene rings is 2. The highest BCUT2D eigenvalue weighted by atomic mass is 35.5. The summed E-state index contributed by atoms with van der Waals surface area (Å²) >= 11 is 18.1. The number of hydrogen-bond donors (Lipinski definition) is 0. The van der Waals surface area contributed by atoms with Crippen LogP contribution in [0.3, 0.4) is 0 Å². The Bertz CT molecular complexity index is 985. The Balaban J connectivity index is 1.61. The molecule has 1 atom stereocenters. The van der Waals surface area contributed by atoms with Crippen molar-refractivity contribution in [3.8, 4) is 11.4 Å². The molecule has 1 fully saturated rings. The zero-order valence-corrected chi connectivity index (χ0v) is 16.3. The second kappa shape index (κ2) is 7.50. The Morgan fingerprint density at radius 2 is 1.85 bits per heavy atom. The van der Waals surface area contributed by atoms with Gasteiger partial charge in [-0.3, -0.25) is 4.79 Å². The summed E-state index contributed by atoms with van der Waals surface area (Å²) in [4.78, 5) is 19.2. The van der Waals surface area contributed by atoms with Crippen molar-refractivity contribution in [2.24, 2.45) is 0 Å². The fourth-order valence-corrected chi connectivity index (χ4v) is 3.94. The van der Waals surface area contributed by atoms with Gasteiger partial charge >= 0.3 is 0 Å². The molecule has 8 heteroatoms. The van der Waals surface area contributed by atoms with Crippen LogP contribution in [-0.4, -0.2) is 27.5 Å². The molecule has 5 nitrogen and oxygen atoms in total. The summed E-state index contributed by atoms with van der Waals surface area (Å²) in [5.74, 6) is 0.686. The maximum Gasteiger partial charge on any atom is 0.254 e. The van der Waals surface area contributed by atoms with Crippen LogP contribution < -0.4 is 0 Å². The average molecular weight is 423 g/mol. The zero-order chi connectivity index (χ0) is 19.0. The van der Waals surface area contributed by atoms with Crippen LogP contribution >= 0.6 is 34.8 Å². The highest BCUT2D eigenvalue weighted by Gasteiger charge is 2.34. The summed E-state index contributed by atoms with van der Waals surface area (Å²) in [7, 11) is 0. The minimum atomic E-state index is -0.282. The Morgan fingerprint density at radius 3 is 2.59 bits per heavy atom. The third-order valence-electron chi connectivity index (χ3n) is 4.43. The maximum absolute atomic E-state index is 13.0. The molecule has 0 N–H and O–H groups in total. The van der Waals surface area contributed by atoms with Gasteiger partial charge in [-0.15, -0.1) is 0 Å². The molecule has 1 unspecified atom stereocenters. The number of carbonyl (C=O) groups is 1. The van der Waals surface area contributed by atoms with Crippen molar-refractivity contribution in [2.75, 3.05) is 6.54 Å². The molecule has 0 saturated carbocycles. The Kier molecular flexibility index (Phi) is 5.08. The topological polar surface area (TPSA) is 59.2 Å². The SMILES string of the molecule is O=C(c1cc(Cl)cc(Cl)c1)N1CCCC1c1nc(-c2cccc(Cl)c2)no1. The van der Waals surface area contributed by atoms with E-state index in [1.54, 1.807) is 35.2 Å². The van der Waals surface area contributed by atoms with Crippen LogP contribution in [0.5, 0.6) is 0 Å². The van der Waals surface area contributed by atoms with E-state index >= 15 is 0 Å². The second-order valence-electron chi connectivity index (χ2n) is 6.28. The number of halogens is 3. The number of carbonyl (C=O) groups excluding carboxylic acids is 1. The first-order valence-corrected chi connectivity index (χ1v) is 9.51. The van der Waals surface area contributed by atoms with Gasteiger partial charge in [-0.1, -0.05) is 52.1 Å². The zero-order valence-electron chi connectivity index (χ0n) is 14.0. The first-order valence-electron chi connectivity index (χ1n) is 8.38. The first-order chi connectivity index (χ1) is 13.0. The van der Waals surface area contributed by atoms with Crippen LogP contribution in [0.25, 0.3) is 11.4 Å². The van der Waals surface area contributed by atoms with Gasteiger partial charge in [0.15, 0.2) is 0 Å². The molecule has 1 saturated heterocycles. The van der Waals surface area contributed by atoms with E-state index < -0.39 is 0 Å². The average Bonchev–Trinajstić information content (AvgIpc) is 3.29. The summed E-state index contributed by atoms with van der Waals surface area (Å²) in [6.45, 7) is 0.600. The molecule has 4 rings (SSSR count). The fraction of sp³-hybridized carbons (Fsp3) is 0.211. The Hall–Kier alpha value is -2.08. The van der Waals surface area contributed by atoms with Gasteiger partial charge in [0, 0.05) is 32.7 Å². The number of hydrogen-bond acceptors (Lipinski definition) is 4. The molecular formula is C19H14Cl3N3O2. The van der Waals surface area contributed by atoms with E-state index in [2.05, 4.69) is 10.1 Å². The van der Waals surface area contributed by atoms with Gasteiger partial charge in [-0.25, -0.2) is 0 Å². The summed E-state index contributed by atoms with van der Waals surface area (Å²) < 4.78 is 5.46. The molecule has 0 bridgehead atoms. The minimum absolute atomic E-state index is 0.163. The van der Waals surface area contributed by atoms with Gasteiger partial charge in [0.05, 0.1) is 0 Å². The van der Waals surface area contributed by atoms with Gasteiger partial charge < -0.3 is 9.42 Å². The van der Waals surface area contributed by atoms with Crippen molar-refractivity contribution < 1.29 is 9.32 Å². The van der Waals surface area contributed by atoms with E-state index in [9.17, 15) is 4.79 Å². The molecule has 1 amide bonds. The number of rotatable bonds is 3. The molecule has 138 valence electrons. The van der Waals surface area contributed by atoms with Crippen LogP contribution in [0.15, 0.2) is 47.0 Å². The third kappa shape index (κ3) is 3.81. The van der Waals surface area contributed by atoms with Crippen molar-refractivity contribution in [3.63, 3.8) is 0 Å². The molecule has 1 aromatic heterocycles. The lowest BCUT2D eigenvalue weighted by Gasteiger charge is -2.22. The number of aromatic nitrogens is 2. The molecule has 0 spiro atoms. The van der Waals surface area contributed by atoms with Gasteiger partial charge in [0.2, 0.25) is 11.7 Å². The molecule has 2 heterocycles. The van der Waals surface area contributed by atoms with Crippen LogP contribution in [0.1, 0.15) is 35.1 Å². The van der Waals surface area contributed by atoms with Gasteiger partial charge in [0.25, 0.3) is 5.91 Å². The molecule has 0 aliphatic carbocycles. The first kappa shape index (κ1) is 18.3. The fourth-order valence-electron chi connectivity index (χ4n) is 3.23. The van der Waals surface area contributed by atoms with E-state index in [4.69, 9.17) is 39.3 Å². The Labute approximate surface area is 170 Å². The minimum Gasteiger partial charge on any atom is -0.337 e. The molecule has 3 aromatic rings. The summed E-state index contributed by atoms with van der Waals surface area (Å²) in [5.41, 5.74) is 1.20. The van der Waals surface area contributed by atoms with E-state index in [-0.39, 0.29) is 11.9 Å². The van der Waals surface area contributed by atoms with Crippen molar-refractivity contribution in [2.45, 2.75) is 18.9 Å². The van der Waals surface area contributed by atoms with E-state index in [0.29, 0.717) is 38.9 Å². The smallest absolute Gasteiger partial charge is 0.254 e. The largest absolute Gasteiger partial charge is 0.337 e. The number of amides is 1. The van der Waals surface area contributed by atoms with Crippen molar-refractivity contribution in [3.05, 3.63) is 69.0 Å². The predicted molar refractivity (Wildman–Crippen MR) is 104 cm³/mol. The highest BCUT2D eigenvalue weighted by Crippen LogP contribution is 2.34. The predicted octanol–water partition coefficient (Wildman–Crippen LogP) is 5.67. The van der Waals surface area contributed by atoms with Crippen molar-refractivity contribution in [1.82, 2.24) is 15.0 Å². The molecule has 1 aliphatic heterocycles. The van der Waals surface area contributed by atoms with Crippen LogP contribution in [0, 0.1) is 0 Å². The standard InChI is InChI=1S/C19H14Cl3N3O2/c20-13-4-1-3-11(7-13)17-23-18(27-24-17)16-5-2-6-25(16)19(26)12-8-14(21)10-15(22)9-12/h1,3-4,7-10,16H,2,5-6H2. The van der Waals surface area contributed by atoms with Crippen molar-refractivity contribution >= 4 is 40.7 Å². The van der Waals surface area contributed by atoms with E-state index in [1.807, 2.05) is 12.1 Å². The quantitative estimate of drug-likeness (QED) is 0.545. The monoisotopic (exact) mass is 421 g/mol. The molecule has 2 aromatic carbocycles. The maximum atomic E-state index is 13.0. The molecular weight excluding hydrogens is 409 g/mol. The number of likely N-dealkylation sites (tertiary alicyclic amines) is 1. The molecule has 1 aliphatic rings. The van der Waals surface area contributed by atoms with Gasteiger partial charge in [-0.05, 0) is 43.2 Å². The summed E-state index contributed by atoms with van der Waals surface area (Å²) in [6.07, 6.45) is 1.59. The van der Waals surface area contributed by atoms with E-state index in [1.165, 1.54) is 0 Å². The lowest BCUT2D eigenvalue weighted by Crippen LogP contribution is -2.30. The molecule has 27 heavy (non-hydrogen) atoms. The third-order valence-corrected chi connectivity index (χ3v) is 5.10. The lowest BCUT2D eigenvalue weighted by molar-refractivity contribution is 0.0710. The Morgan fingerprint density at radius 1 is 1.07 bits per heavy atom. The van der Waals surface area contributed by atoms with Crippen LogP contribution in [-0.2, 0) is 0 Å². The summed E-state index contributed by atoms with van der Waals surface area (Å²) in [5, 5.41) is 5.47. The van der Waals surface area contributed by atoms with Gasteiger partial charge in [-0.2, -0.15) is 4.98 Å². The van der Waals surface area contributed by atoms with Crippen LogP contribution in [0.2, 0.25) is 15.1 Å². The highest BCUT2D eigenvalue weighted by molar-refractivity contribution is 6.35. The molecule has 0 radical (unpaired) electrons. The normalized spacial score (nSPS) is 16.7.